The SMILES string of the molecule is Cc1cc(SCC2=C(C(=O)O)N3C(=O)C(NC(=O)/C(=N\OCc4ccc(O)c(O)c4F)c4csc(N)n4)C3SC2)n2nc(CNS(=O)(=O)c3ccc(O)c(O)c3)nc2n1.[NaH]. The van der Waals surface area contributed by atoms with Gasteiger partial charge in [0.05, 0.1) is 11.4 Å². The van der Waals surface area contributed by atoms with Gasteiger partial charge in [0, 0.05) is 34.2 Å². The fourth-order valence-corrected chi connectivity index (χ4v) is 9.81. The van der Waals surface area contributed by atoms with E-state index in [0.717, 1.165) is 46.6 Å². The van der Waals surface area contributed by atoms with Crippen molar-refractivity contribution in [2.45, 2.75) is 41.4 Å². The molecule has 27 heteroatoms. The molecule has 0 saturated carbocycles. The molecule has 3 aromatic heterocycles. The minimum atomic E-state index is -4.14. The van der Waals surface area contributed by atoms with Crippen molar-refractivity contribution in [2.75, 3.05) is 17.2 Å². The van der Waals surface area contributed by atoms with Crippen molar-refractivity contribution in [2.24, 2.45) is 5.16 Å². The number of aromatic nitrogens is 5. The Morgan fingerprint density at radius 1 is 1.10 bits per heavy atom. The fourth-order valence-electron chi connectivity index (χ4n) is 5.73. The second-order valence-electron chi connectivity index (χ2n) is 12.5. The number of phenolic OH excluding ortho intramolecular Hbond substituents is 4. The van der Waals surface area contributed by atoms with Crippen LogP contribution in [0.25, 0.3) is 5.78 Å². The van der Waals surface area contributed by atoms with Crippen LogP contribution in [0, 0.1) is 12.7 Å². The number of hydrogen-bond donors (Lipinski definition) is 8. The van der Waals surface area contributed by atoms with Crippen molar-refractivity contribution in [1.82, 2.24) is 39.5 Å². The number of fused-ring (bicyclic) bond motifs is 2. The number of hydrogen-bond acceptors (Lipinski definition) is 19. The first-order chi connectivity index (χ1) is 28.0. The molecular weight excluding hydrogens is 883 g/mol. The number of carboxylic acid groups (broad SMARTS) is 1. The fraction of sp³-hybridized carbons (Fsp3) is 0.212. The van der Waals surface area contributed by atoms with Gasteiger partial charge in [-0.25, -0.2) is 32.3 Å². The van der Waals surface area contributed by atoms with Gasteiger partial charge in [0.25, 0.3) is 17.6 Å². The Morgan fingerprint density at radius 3 is 2.55 bits per heavy atom. The van der Waals surface area contributed by atoms with Gasteiger partial charge in [0.15, 0.2) is 45.5 Å². The Kier molecular flexibility index (Phi) is 13.1. The molecule has 1 saturated heterocycles. The third-order valence-corrected chi connectivity index (χ3v) is 13.1. The number of thioether (sulfide) groups is 2. The number of β-lactam (4-membered cyclic amide) rings is 1. The molecule has 0 bridgehead atoms. The van der Waals surface area contributed by atoms with Gasteiger partial charge in [-0.3, -0.25) is 14.5 Å². The first kappa shape index (κ1) is 44.3. The molecule has 2 aliphatic rings. The summed E-state index contributed by atoms with van der Waals surface area (Å²) in [6, 6.07) is 5.68. The summed E-state index contributed by atoms with van der Waals surface area (Å²) in [6.07, 6.45) is 0. The van der Waals surface area contributed by atoms with E-state index in [1.807, 2.05) is 0 Å². The second kappa shape index (κ2) is 17.8. The Hall–Kier alpha value is -5.22. The van der Waals surface area contributed by atoms with Crippen LogP contribution in [0.2, 0.25) is 0 Å². The van der Waals surface area contributed by atoms with E-state index >= 15 is 0 Å². The molecule has 310 valence electrons. The number of nitrogens with two attached hydrogens (primary N) is 1. The third-order valence-electron chi connectivity index (χ3n) is 8.59. The number of amides is 2. The van der Waals surface area contributed by atoms with Gasteiger partial charge in [0.1, 0.15) is 34.4 Å². The van der Waals surface area contributed by atoms with E-state index in [1.54, 1.807) is 13.0 Å². The summed E-state index contributed by atoms with van der Waals surface area (Å²) in [4.78, 5) is 58.3. The number of rotatable bonds is 14. The first-order valence-corrected chi connectivity index (χ1v) is 21.1. The van der Waals surface area contributed by atoms with Gasteiger partial charge in [-0.05, 0) is 42.8 Å². The van der Waals surface area contributed by atoms with Gasteiger partial charge in [-0.2, -0.15) is 9.50 Å². The Bertz CT molecular complexity index is 2730. The summed E-state index contributed by atoms with van der Waals surface area (Å²) >= 11 is 3.36. The molecule has 60 heavy (non-hydrogen) atoms. The van der Waals surface area contributed by atoms with Crippen LogP contribution < -0.4 is 15.8 Å². The summed E-state index contributed by atoms with van der Waals surface area (Å²) in [6.45, 7) is 0.764. The van der Waals surface area contributed by atoms with Crippen molar-refractivity contribution in [3.63, 3.8) is 0 Å². The molecule has 5 aromatic rings. The first-order valence-electron chi connectivity index (χ1n) is 16.7. The second-order valence-corrected chi connectivity index (χ2v) is 17.3. The molecule has 7 rings (SSSR count). The standard InChI is InChI=1S/C33H29FN10O11S4.Na.H/c1-13-6-22(44-33(37-13)39-21(41-44)8-36-59(53,54)16-3-5-18(45)20(47)7-16)56-10-15-11-57-30-25(29(50)43(30)26(15)31(51)52)40-28(49)24(17-12-58-32(35)38-17)42-55-9-14-2-4-19(46)27(48)23(14)34;;/h2-7,12,25,30,36,45-48H,8-11H2,1H3,(H2,35,38)(H,40,49)(H,51,52);;/b42-24-;;. The van der Waals surface area contributed by atoms with Crippen molar-refractivity contribution >= 4 is 109 Å². The van der Waals surface area contributed by atoms with Crippen LogP contribution in [0.1, 0.15) is 22.8 Å². The summed E-state index contributed by atoms with van der Waals surface area (Å²) in [5, 5.41) is 60.5. The predicted octanol–water partition coefficient (Wildman–Crippen LogP) is 0.715. The van der Waals surface area contributed by atoms with E-state index in [9.17, 15) is 52.7 Å². The number of anilines is 1. The number of halogens is 1. The van der Waals surface area contributed by atoms with Crippen molar-refractivity contribution in [1.29, 1.82) is 0 Å². The Balaban J connectivity index is 0.00000604. The molecule has 2 aliphatic heterocycles. The van der Waals surface area contributed by atoms with E-state index in [-0.39, 0.29) is 86.2 Å². The number of aryl methyl sites for hydroxylation is 1. The van der Waals surface area contributed by atoms with Crippen LogP contribution in [0.5, 0.6) is 23.0 Å². The molecule has 2 atom stereocenters. The van der Waals surface area contributed by atoms with E-state index in [2.05, 4.69) is 35.2 Å². The Morgan fingerprint density at radius 2 is 1.85 bits per heavy atom. The van der Waals surface area contributed by atoms with Crippen molar-refractivity contribution in [3.05, 3.63) is 81.6 Å². The molecule has 21 nitrogen and oxygen atoms in total. The number of aromatic hydroxyl groups is 4. The summed E-state index contributed by atoms with van der Waals surface area (Å²) in [5.74, 6) is -6.58. The third kappa shape index (κ3) is 8.94. The molecule has 2 aromatic carbocycles. The number of nitrogens with zero attached hydrogens (tertiary/aromatic N) is 7. The number of thiazole rings is 1. The molecule has 1 fully saturated rings. The van der Waals surface area contributed by atoms with Crippen LogP contribution >= 0.6 is 34.9 Å². The molecule has 0 radical (unpaired) electrons. The number of benzene rings is 2. The van der Waals surface area contributed by atoms with Crippen LogP contribution in [-0.2, 0) is 42.4 Å². The minimum absolute atomic E-state index is 0. The summed E-state index contributed by atoms with van der Waals surface area (Å²) in [5.41, 5.74) is 5.74. The number of aliphatic carboxylic acids is 1. The van der Waals surface area contributed by atoms with Gasteiger partial charge in [-0.15, -0.1) is 40.0 Å². The summed E-state index contributed by atoms with van der Waals surface area (Å²) < 4.78 is 43.6. The van der Waals surface area contributed by atoms with Crippen LogP contribution in [0.15, 0.2) is 68.1 Å². The average Bonchev–Trinajstić information content (AvgIpc) is 3.82. The molecule has 2 unspecified atom stereocenters. The number of carbonyl (C=O) groups excluding carboxylic acids is 2. The molecule has 0 spiro atoms. The molecule has 5 heterocycles. The number of phenols is 4. The van der Waals surface area contributed by atoms with Gasteiger partial charge in [0.2, 0.25) is 10.0 Å². The number of nitrogens with one attached hydrogen (secondary N) is 2. The monoisotopic (exact) mass is 912 g/mol. The maximum atomic E-state index is 14.4. The zero-order chi connectivity index (χ0) is 42.3. The number of sulfonamides is 1. The number of nitrogen functional groups attached to an aromatic ring is 1. The summed E-state index contributed by atoms with van der Waals surface area (Å²) in [7, 11) is -4.14. The van der Waals surface area contributed by atoms with Crippen molar-refractivity contribution < 1.29 is 57.6 Å². The zero-order valence-corrected chi connectivity index (χ0v) is 33.2. The topological polar surface area (TPSA) is 317 Å². The quantitative estimate of drug-likeness (QED) is 0.0145. The number of carboxylic acids is 1. The van der Waals surface area contributed by atoms with Crippen LogP contribution in [-0.4, -0.2) is 139 Å². The predicted molar refractivity (Wildman–Crippen MR) is 214 cm³/mol. The molecule has 0 aliphatic carbocycles. The van der Waals surface area contributed by atoms with Gasteiger partial charge < -0.3 is 41.4 Å². The molecule has 9 N–H and O–H groups in total. The normalized spacial score (nSPS) is 16.6. The van der Waals surface area contributed by atoms with Crippen LogP contribution in [0.3, 0.4) is 0 Å². The van der Waals surface area contributed by atoms with Gasteiger partial charge >= 0.3 is 35.5 Å². The van der Waals surface area contributed by atoms with E-state index in [1.165, 1.54) is 33.4 Å². The molecular formula is C33H30FN10NaO11S4. The van der Waals surface area contributed by atoms with Gasteiger partial charge in [-0.1, -0.05) is 5.16 Å². The van der Waals surface area contributed by atoms with E-state index in [4.69, 9.17) is 10.6 Å². The maximum absolute atomic E-state index is 14.4. The Labute approximate surface area is 371 Å². The van der Waals surface area contributed by atoms with E-state index in [0.29, 0.717) is 16.3 Å². The average molecular weight is 913 g/mol. The van der Waals surface area contributed by atoms with Crippen molar-refractivity contribution in [3.8, 4) is 23.0 Å². The number of carbonyl (C=O) groups is 3. The zero-order valence-electron chi connectivity index (χ0n) is 29.9. The van der Waals surface area contributed by atoms with Crippen LogP contribution in [0.4, 0.5) is 9.52 Å². The number of oxime groups is 1. The van der Waals surface area contributed by atoms with E-state index < -0.39 is 80.4 Å². The molecule has 2 amide bonds.